The second-order valence-electron chi connectivity index (χ2n) is 2.48. The van der Waals surface area contributed by atoms with E-state index in [1.54, 1.807) is 12.3 Å². The lowest BCUT2D eigenvalue weighted by Crippen LogP contribution is -2.21. The van der Waals surface area contributed by atoms with Crippen molar-refractivity contribution in [2.75, 3.05) is 5.32 Å². The number of thiophene rings is 1. The van der Waals surface area contributed by atoms with Crippen molar-refractivity contribution in [3.05, 3.63) is 16.5 Å². The van der Waals surface area contributed by atoms with Gasteiger partial charge in [0.25, 0.3) is 5.91 Å². The number of rotatable bonds is 2. The molecule has 0 aliphatic carbocycles. The first kappa shape index (κ1) is 9.53. The van der Waals surface area contributed by atoms with Crippen molar-refractivity contribution in [3.63, 3.8) is 0 Å². The standard InChI is InChI=1S/C7H9N3O2S/c1-3-2-13-6(10-7(9)12)4(3)5(8)11/h2H,1H3,(H2,8,11)(H3,9,10,12). The minimum Gasteiger partial charge on any atom is -0.365 e. The molecule has 0 aliphatic rings. The van der Waals surface area contributed by atoms with Crippen molar-refractivity contribution in [3.8, 4) is 0 Å². The molecule has 70 valence electrons. The molecule has 13 heavy (non-hydrogen) atoms. The van der Waals surface area contributed by atoms with E-state index >= 15 is 0 Å². The smallest absolute Gasteiger partial charge is 0.317 e. The fraction of sp³-hybridized carbons (Fsp3) is 0.143. The quantitative estimate of drug-likeness (QED) is 0.651. The number of urea groups is 1. The normalized spacial score (nSPS) is 9.62. The summed E-state index contributed by atoms with van der Waals surface area (Å²) in [6.07, 6.45) is 0. The highest BCUT2D eigenvalue weighted by atomic mass is 32.1. The molecule has 0 atom stereocenters. The average Bonchev–Trinajstić information content (AvgIpc) is 2.30. The van der Waals surface area contributed by atoms with Crippen LogP contribution in [0.15, 0.2) is 5.38 Å². The molecule has 3 amide bonds. The van der Waals surface area contributed by atoms with E-state index in [1.165, 1.54) is 11.3 Å². The number of carbonyl (C=O) groups is 2. The van der Waals surface area contributed by atoms with Crippen LogP contribution in [0.1, 0.15) is 15.9 Å². The van der Waals surface area contributed by atoms with Gasteiger partial charge in [-0.3, -0.25) is 10.1 Å². The van der Waals surface area contributed by atoms with Gasteiger partial charge < -0.3 is 11.5 Å². The fourth-order valence-corrected chi connectivity index (χ4v) is 1.91. The summed E-state index contributed by atoms with van der Waals surface area (Å²) >= 11 is 1.22. The molecule has 0 unspecified atom stereocenters. The first-order chi connectivity index (χ1) is 6.02. The van der Waals surface area contributed by atoms with Crippen LogP contribution in [0.5, 0.6) is 0 Å². The van der Waals surface area contributed by atoms with Gasteiger partial charge in [-0.25, -0.2) is 4.79 Å². The van der Waals surface area contributed by atoms with Crippen LogP contribution in [0.3, 0.4) is 0 Å². The highest BCUT2D eigenvalue weighted by Crippen LogP contribution is 2.26. The number of nitrogens with one attached hydrogen (secondary N) is 1. The van der Waals surface area contributed by atoms with Crippen molar-refractivity contribution < 1.29 is 9.59 Å². The fourth-order valence-electron chi connectivity index (χ4n) is 0.954. The second kappa shape index (κ2) is 3.44. The number of aryl methyl sites for hydroxylation is 1. The van der Waals surface area contributed by atoms with Crippen LogP contribution in [0.2, 0.25) is 0 Å². The topological polar surface area (TPSA) is 98.2 Å². The molecule has 5 N–H and O–H groups in total. The summed E-state index contributed by atoms with van der Waals surface area (Å²) in [6, 6.07) is -0.704. The van der Waals surface area contributed by atoms with Crippen molar-refractivity contribution in [1.29, 1.82) is 0 Å². The van der Waals surface area contributed by atoms with E-state index in [0.717, 1.165) is 5.56 Å². The maximum absolute atomic E-state index is 10.9. The molecule has 0 aliphatic heterocycles. The predicted molar refractivity (Wildman–Crippen MR) is 50.8 cm³/mol. The maximum atomic E-state index is 10.9. The van der Waals surface area contributed by atoms with E-state index < -0.39 is 11.9 Å². The molecule has 0 spiro atoms. The SMILES string of the molecule is Cc1csc(NC(N)=O)c1C(N)=O. The molecule has 1 heterocycles. The number of carbonyl (C=O) groups excluding carboxylic acids is 2. The third-order valence-corrected chi connectivity index (χ3v) is 2.47. The first-order valence-corrected chi connectivity index (χ1v) is 4.34. The molecule has 1 aromatic rings. The van der Waals surface area contributed by atoms with Gasteiger partial charge in [0.2, 0.25) is 0 Å². The Hall–Kier alpha value is -1.56. The number of hydrogen-bond donors (Lipinski definition) is 3. The first-order valence-electron chi connectivity index (χ1n) is 3.46. The van der Waals surface area contributed by atoms with Gasteiger partial charge in [-0.2, -0.15) is 0 Å². The summed E-state index contributed by atoms with van der Waals surface area (Å²) in [6.45, 7) is 1.74. The molecular weight excluding hydrogens is 190 g/mol. The van der Waals surface area contributed by atoms with Gasteiger partial charge in [0.15, 0.2) is 0 Å². The Bertz CT molecular complexity index is 359. The molecule has 0 bridgehead atoms. The lowest BCUT2D eigenvalue weighted by molar-refractivity contribution is 0.100. The summed E-state index contributed by atoms with van der Waals surface area (Å²) in [7, 11) is 0. The zero-order chi connectivity index (χ0) is 10.0. The summed E-state index contributed by atoms with van der Waals surface area (Å²) in [4.78, 5) is 21.4. The Morgan fingerprint density at radius 3 is 2.54 bits per heavy atom. The van der Waals surface area contributed by atoms with Crippen LogP contribution in [0.25, 0.3) is 0 Å². The van der Waals surface area contributed by atoms with Gasteiger partial charge in [-0.05, 0) is 17.9 Å². The van der Waals surface area contributed by atoms with Gasteiger partial charge in [0.05, 0.1) is 5.56 Å². The zero-order valence-electron chi connectivity index (χ0n) is 6.96. The molecule has 5 nitrogen and oxygen atoms in total. The van der Waals surface area contributed by atoms with Crippen molar-refractivity contribution in [2.45, 2.75) is 6.92 Å². The van der Waals surface area contributed by atoms with E-state index in [1.807, 2.05) is 0 Å². The third kappa shape index (κ3) is 1.97. The minimum absolute atomic E-state index is 0.323. The largest absolute Gasteiger partial charge is 0.365 e. The van der Waals surface area contributed by atoms with Crippen molar-refractivity contribution >= 4 is 28.3 Å². The average molecular weight is 199 g/mol. The molecule has 0 saturated heterocycles. The second-order valence-corrected chi connectivity index (χ2v) is 3.36. The van der Waals surface area contributed by atoms with Gasteiger partial charge in [-0.1, -0.05) is 0 Å². The Balaban J connectivity index is 3.07. The molecule has 1 rings (SSSR count). The number of primary amides is 2. The van der Waals surface area contributed by atoms with Crippen LogP contribution in [0, 0.1) is 6.92 Å². The van der Waals surface area contributed by atoms with Gasteiger partial charge in [0, 0.05) is 0 Å². The lowest BCUT2D eigenvalue weighted by atomic mass is 10.2. The molecular formula is C7H9N3O2S. The molecule has 0 aromatic carbocycles. The summed E-state index contributed by atoms with van der Waals surface area (Å²) in [5, 5.41) is 4.46. The van der Waals surface area contributed by atoms with E-state index in [0.29, 0.717) is 10.6 Å². The van der Waals surface area contributed by atoms with E-state index in [9.17, 15) is 9.59 Å². The molecule has 6 heteroatoms. The maximum Gasteiger partial charge on any atom is 0.317 e. The van der Waals surface area contributed by atoms with Crippen LogP contribution in [0.4, 0.5) is 9.80 Å². The zero-order valence-corrected chi connectivity index (χ0v) is 7.77. The van der Waals surface area contributed by atoms with Crippen LogP contribution in [-0.4, -0.2) is 11.9 Å². The predicted octanol–water partition coefficient (Wildman–Crippen LogP) is 0.646. The summed E-state index contributed by atoms with van der Waals surface area (Å²) in [5.41, 5.74) is 11.1. The van der Waals surface area contributed by atoms with Crippen LogP contribution in [-0.2, 0) is 0 Å². The monoisotopic (exact) mass is 199 g/mol. The third-order valence-electron chi connectivity index (χ3n) is 1.46. The molecule has 0 fully saturated rings. The molecule has 1 aromatic heterocycles. The van der Waals surface area contributed by atoms with Gasteiger partial charge >= 0.3 is 6.03 Å². The van der Waals surface area contributed by atoms with E-state index in [-0.39, 0.29) is 0 Å². The summed E-state index contributed by atoms with van der Waals surface area (Å²) in [5.74, 6) is -0.567. The highest BCUT2D eigenvalue weighted by molar-refractivity contribution is 7.15. The Labute approximate surface area is 78.7 Å². The van der Waals surface area contributed by atoms with Crippen molar-refractivity contribution in [2.24, 2.45) is 11.5 Å². The Kier molecular flexibility index (Phi) is 2.52. The van der Waals surface area contributed by atoms with E-state index in [2.05, 4.69) is 5.32 Å². The van der Waals surface area contributed by atoms with Crippen LogP contribution >= 0.6 is 11.3 Å². The van der Waals surface area contributed by atoms with Gasteiger partial charge in [0.1, 0.15) is 5.00 Å². The lowest BCUT2D eigenvalue weighted by Gasteiger charge is -2.00. The number of amides is 3. The summed E-state index contributed by atoms with van der Waals surface area (Å²) < 4.78 is 0. The van der Waals surface area contributed by atoms with Gasteiger partial charge in [-0.15, -0.1) is 11.3 Å². The number of nitrogens with two attached hydrogens (primary N) is 2. The minimum atomic E-state index is -0.704. The molecule has 0 radical (unpaired) electrons. The number of anilines is 1. The number of hydrogen-bond acceptors (Lipinski definition) is 3. The molecule has 0 saturated carbocycles. The van der Waals surface area contributed by atoms with Crippen molar-refractivity contribution in [1.82, 2.24) is 0 Å². The van der Waals surface area contributed by atoms with Crippen LogP contribution < -0.4 is 16.8 Å². The Morgan fingerprint density at radius 1 is 1.46 bits per heavy atom. The Morgan fingerprint density at radius 2 is 2.08 bits per heavy atom. The highest BCUT2D eigenvalue weighted by Gasteiger charge is 2.14. The van der Waals surface area contributed by atoms with E-state index in [4.69, 9.17) is 11.5 Å².